The molecule has 140 valence electrons. The van der Waals surface area contributed by atoms with Gasteiger partial charge in [0.2, 0.25) is 0 Å². The fourth-order valence-corrected chi connectivity index (χ4v) is 6.21. The molecule has 0 aliphatic carbocycles. The van der Waals surface area contributed by atoms with E-state index in [1.807, 2.05) is 14.2 Å². The highest BCUT2D eigenvalue weighted by Gasteiger charge is 2.33. The van der Waals surface area contributed by atoms with Crippen LogP contribution in [0.1, 0.15) is 104 Å². The predicted octanol–water partition coefficient (Wildman–Crippen LogP) is 7.22. The Morgan fingerprint density at radius 2 is 0.826 bits per heavy atom. The summed E-state index contributed by atoms with van der Waals surface area (Å²) in [5.74, 6) is 0. The quantitative estimate of drug-likeness (QED) is 0.193. The van der Waals surface area contributed by atoms with Gasteiger partial charge in [0.15, 0.2) is 0 Å². The molecule has 0 bridgehead atoms. The molecule has 23 heavy (non-hydrogen) atoms. The van der Waals surface area contributed by atoms with E-state index in [9.17, 15) is 0 Å². The maximum absolute atomic E-state index is 5.81. The number of unbranched alkanes of at least 4 members (excludes halogenated alkanes) is 12. The topological polar surface area (TPSA) is 18.5 Å². The van der Waals surface area contributed by atoms with Gasteiger partial charge in [-0.1, -0.05) is 104 Å². The molecule has 0 atom stereocenters. The molecule has 2 nitrogen and oxygen atoms in total. The van der Waals surface area contributed by atoms with Crippen LogP contribution in [0.4, 0.5) is 0 Å². The van der Waals surface area contributed by atoms with Crippen molar-refractivity contribution >= 4 is 8.56 Å². The minimum atomic E-state index is -1.86. The van der Waals surface area contributed by atoms with Crippen LogP contribution in [-0.4, -0.2) is 22.8 Å². The van der Waals surface area contributed by atoms with Crippen molar-refractivity contribution < 1.29 is 8.85 Å². The summed E-state index contributed by atoms with van der Waals surface area (Å²) in [4.78, 5) is 0. The highest BCUT2D eigenvalue weighted by molar-refractivity contribution is 6.67. The van der Waals surface area contributed by atoms with Crippen LogP contribution in [0.15, 0.2) is 0 Å². The fourth-order valence-electron chi connectivity index (χ4n) is 3.30. The van der Waals surface area contributed by atoms with Crippen molar-refractivity contribution in [1.82, 2.24) is 0 Å². The largest absolute Gasteiger partial charge is 0.398 e. The maximum atomic E-state index is 5.81. The van der Waals surface area contributed by atoms with Gasteiger partial charge < -0.3 is 8.85 Å². The summed E-state index contributed by atoms with van der Waals surface area (Å²) < 4.78 is 11.6. The normalized spacial score (nSPS) is 12.0. The third-order valence-electron chi connectivity index (χ3n) is 5.07. The molecule has 0 radical (unpaired) electrons. The summed E-state index contributed by atoms with van der Waals surface area (Å²) in [6.45, 7) is 4.53. The van der Waals surface area contributed by atoms with Gasteiger partial charge in [-0.3, -0.25) is 0 Å². The molecule has 0 fully saturated rings. The fraction of sp³-hybridized carbons (Fsp3) is 1.00. The first-order valence-corrected chi connectivity index (χ1v) is 12.6. The smallest absolute Gasteiger partial charge is 0.337 e. The second-order valence-corrected chi connectivity index (χ2v) is 10.7. The molecule has 0 amide bonds. The first kappa shape index (κ1) is 23.1. The Labute approximate surface area is 148 Å². The molecule has 0 saturated carbocycles. The van der Waals surface area contributed by atoms with Crippen molar-refractivity contribution in [2.24, 2.45) is 0 Å². The summed E-state index contributed by atoms with van der Waals surface area (Å²) >= 11 is 0. The van der Waals surface area contributed by atoms with Gasteiger partial charge >= 0.3 is 8.56 Å². The second-order valence-electron chi connectivity index (χ2n) is 7.06. The van der Waals surface area contributed by atoms with Gasteiger partial charge in [0, 0.05) is 14.2 Å². The molecule has 0 saturated heterocycles. The minimum Gasteiger partial charge on any atom is -0.398 e. The van der Waals surface area contributed by atoms with Crippen LogP contribution < -0.4 is 0 Å². The average molecular weight is 345 g/mol. The highest BCUT2D eigenvalue weighted by Crippen LogP contribution is 2.24. The van der Waals surface area contributed by atoms with E-state index in [-0.39, 0.29) is 0 Å². The molecular weight excluding hydrogens is 300 g/mol. The van der Waals surface area contributed by atoms with Crippen LogP contribution in [0.3, 0.4) is 0 Å². The predicted molar refractivity (Wildman–Crippen MR) is 105 cm³/mol. The lowest BCUT2D eigenvalue weighted by Crippen LogP contribution is -2.39. The zero-order chi connectivity index (χ0) is 17.2. The lowest BCUT2D eigenvalue weighted by atomic mass is 10.1. The maximum Gasteiger partial charge on any atom is 0.337 e. The van der Waals surface area contributed by atoms with Crippen LogP contribution >= 0.6 is 0 Å². The van der Waals surface area contributed by atoms with E-state index in [1.54, 1.807) is 0 Å². The number of hydrogen-bond acceptors (Lipinski definition) is 2. The zero-order valence-electron chi connectivity index (χ0n) is 16.6. The number of rotatable bonds is 18. The van der Waals surface area contributed by atoms with Gasteiger partial charge in [-0.2, -0.15) is 0 Å². The molecule has 3 heteroatoms. The van der Waals surface area contributed by atoms with Gasteiger partial charge in [0.25, 0.3) is 0 Å². The van der Waals surface area contributed by atoms with Gasteiger partial charge in [-0.05, 0) is 12.1 Å². The monoisotopic (exact) mass is 344 g/mol. The van der Waals surface area contributed by atoms with Gasteiger partial charge in [-0.15, -0.1) is 0 Å². The van der Waals surface area contributed by atoms with E-state index < -0.39 is 8.56 Å². The van der Waals surface area contributed by atoms with Gasteiger partial charge in [0.1, 0.15) is 0 Å². The van der Waals surface area contributed by atoms with Crippen LogP contribution in [0.5, 0.6) is 0 Å². The summed E-state index contributed by atoms with van der Waals surface area (Å²) in [5.41, 5.74) is 0. The Hall–Kier alpha value is 0.137. The Morgan fingerprint density at radius 1 is 0.478 bits per heavy atom. The molecule has 0 spiro atoms. The minimum absolute atomic E-state index is 1.16. The van der Waals surface area contributed by atoms with E-state index in [4.69, 9.17) is 8.85 Å². The van der Waals surface area contributed by atoms with Gasteiger partial charge in [0.05, 0.1) is 0 Å². The summed E-state index contributed by atoms with van der Waals surface area (Å²) in [6, 6.07) is 2.34. The van der Waals surface area contributed by atoms with Crippen molar-refractivity contribution in [3.63, 3.8) is 0 Å². The van der Waals surface area contributed by atoms with Crippen LogP contribution in [0.25, 0.3) is 0 Å². The molecule has 0 aromatic heterocycles. The van der Waals surface area contributed by atoms with Crippen LogP contribution in [-0.2, 0) is 8.85 Å². The second kappa shape index (κ2) is 17.0. The van der Waals surface area contributed by atoms with E-state index in [2.05, 4.69) is 13.8 Å². The van der Waals surface area contributed by atoms with Crippen LogP contribution in [0.2, 0.25) is 12.1 Å². The molecule has 0 aliphatic rings. The van der Waals surface area contributed by atoms with E-state index >= 15 is 0 Å². The molecular formula is C20H44O2Si. The molecule has 0 rings (SSSR count). The molecule has 0 aliphatic heterocycles. The standard InChI is InChI=1S/C20H44O2Si/c1-5-7-9-10-11-12-13-14-15-16-17-18-20-23(21-3,22-4)19-8-6-2/h5-20H2,1-4H3. The Morgan fingerprint density at radius 3 is 1.22 bits per heavy atom. The zero-order valence-corrected chi connectivity index (χ0v) is 17.6. The SMILES string of the molecule is CCCCCCCCCCCCCC[Si](CCCC)(OC)OC. The third kappa shape index (κ3) is 13.1. The first-order valence-electron chi connectivity index (χ1n) is 10.3. The Kier molecular flexibility index (Phi) is 17.1. The molecule has 0 aromatic rings. The summed E-state index contributed by atoms with van der Waals surface area (Å²) in [6.07, 6.45) is 19.4. The molecule has 0 N–H and O–H groups in total. The molecule has 0 heterocycles. The Balaban J connectivity index is 3.46. The van der Waals surface area contributed by atoms with Crippen molar-refractivity contribution in [1.29, 1.82) is 0 Å². The Bertz CT molecular complexity index is 230. The van der Waals surface area contributed by atoms with Crippen molar-refractivity contribution in [3.05, 3.63) is 0 Å². The van der Waals surface area contributed by atoms with Crippen molar-refractivity contribution in [2.45, 2.75) is 116 Å². The van der Waals surface area contributed by atoms with Crippen molar-refractivity contribution in [2.75, 3.05) is 14.2 Å². The highest BCUT2D eigenvalue weighted by atomic mass is 28.4. The van der Waals surface area contributed by atoms with E-state index in [0.29, 0.717) is 0 Å². The lowest BCUT2D eigenvalue weighted by molar-refractivity contribution is 0.238. The molecule has 0 aromatic carbocycles. The third-order valence-corrected chi connectivity index (χ3v) is 8.79. The van der Waals surface area contributed by atoms with Crippen molar-refractivity contribution in [3.8, 4) is 0 Å². The average Bonchev–Trinajstić information content (AvgIpc) is 2.59. The van der Waals surface area contributed by atoms with E-state index in [0.717, 1.165) is 6.04 Å². The van der Waals surface area contributed by atoms with E-state index in [1.165, 1.54) is 95.9 Å². The molecule has 0 unspecified atom stereocenters. The lowest BCUT2D eigenvalue weighted by Gasteiger charge is -2.27. The van der Waals surface area contributed by atoms with Gasteiger partial charge in [-0.25, -0.2) is 0 Å². The van der Waals surface area contributed by atoms with Crippen LogP contribution in [0, 0.1) is 0 Å². The summed E-state index contributed by atoms with van der Waals surface area (Å²) in [5, 5.41) is 0. The summed E-state index contributed by atoms with van der Waals surface area (Å²) in [7, 11) is 1.84. The number of hydrogen-bond donors (Lipinski definition) is 0. The first-order chi connectivity index (χ1) is 11.2.